The number of fused-ring (bicyclic) bond motifs is 1. The maximum Gasteiger partial charge on any atom is 0.434 e. The molecule has 0 aliphatic carbocycles. The second-order valence-corrected chi connectivity index (χ2v) is 6.09. The Kier molecular flexibility index (Phi) is 4.44. The van der Waals surface area contributed by atoms with E-state index in [-0.39, 0.29) is 11.9 Å². The molecule has 0 saturated carbocycles. The van der Waals surface area contributed by atoms with Gasteiger partial charge in [0, 0.05) is 25.7 Å². The van der Waals surface area contributed by atoms with Crippen molar-refractivity contribution in [2.75, 3.05) is 11.9 Å². The lowest BCUT2D eigenvalue weighted by Crippen LogP contribution is -2.36. The molecule has 1 aliphatic heterocycles. The first-order chi connectivity index (χ1) is 11.7. The van der Waals surface area contributed by atoms with Gasteiger partial charge in [-0.2, -0.15) is 18.2 Å². The number of anilines is 1. The van der Waals surface area contributed by atoms with Crippen molar-refractivity contribution in [2.24, 2.45) is 5.92 Å². The minimum atomic E-state index is -4.44. The van der Waals surface area contributed by atoms with Crippen LogP contribution >= 0.6 is 0 Å². The number of carbonyl (C=O) groups is 1. The van der Waals surface area contributed by atoms with E-state index in [0.29, 0.717) is 43.2 Å². The van der Waals surface area contributed by atoms with Crippen LogP contribution in [-0.4, -0.2) is 27.1 Å². The van der Waals surface area contributed by atoms with Gasteiger partial charge in [0.15, 0.2) is 5.69 Å². The van der Waals surface area contributed by atoms with Crippen LogP contribution in [0, 0.1) is 19.8 Å². The molecule has 2 amide bonds. The van der Waals surface area contributed by atoms with Crippen molar-refractivity contribution < 1.29 is 22.4 Å². The average Bonchev–Trinajstić information content (AvgIpc) is 3.08. The maximum absolute atomic E-state index is 12.7. The van der Waals surface area contributed by atoms with E-state index in [1.54, 1.807) is 13.8 Å². The van der Waals surface area contributed by atoms with Crippen molar-refractivity contribution in [1.82, 2.24) is 19.9 Å². The van der Waals surface area contributed by atoms with E-state index in [0.717, 1.165) is 6.20 Å². The largest absolute Gasteiger partial charge is 0.434 e. The number of nitrogens with one attached hydrogen (secondary N) is 2. The van der Waals surface area contributed by atoms with E-state index >= 15 is 0 Å². The van der Waals surface area contributed by atoms with E-state index < -0.39 is 17.9 Å². The predicted molar refractivity (Wildman–Crippen MR) is 82.0 cm³/mol. The standard InChI is InChI=1S/C15H18F3N5O2/c1-8-9(2)25-14(20-8)22-13(24)19-5-10-3-4-12-21-11(15(16,17)18)7-23(12)6-10/h7,10H,3-6H2,1-2H3,(H2,19,20,22,24)/t10-/m0/s1. The smallest absolute Gasteiger partial charge is 0.428 e. The number of alkyl halides is 3. The average molecular weight is 357 g/mol. The molecule has 2 aromatic rings. The number of urea groups is 1. The molecule has 0 unspecified atom stereocenters. The number of hydrogen-bond acceptors (Lipinski definition) is 4. The molecule has 0 spiro atoms. The zero-order chi connectivity index (χ0) is 18.2. The van der Waals surface area contributed by atoms with E-state index in [2.05, 4.69) is 20.6 Å². The minimum Gasteiger partial charge on any atom is -0.428 e. The molecule has 136 valence electrons. The molecule has 0 radical (unpaired) electrons. The van der Waals surface area contributed by atoms with Crippen LogP contribution in [0.3, 0.4) is 0 Å². The summed E-state index contributed by atoms with van der Waals surface area (Å²) in [4.78, 5) is 19.5. The van der Waals surface area contributed by atoms with Crippen molar-refractivity contribution in [3.05, 3.63) is 29.2 Å². The van der Waals surface area contributed by atoms with Crippen LogP contribution in [-0.2, 0) is 19.1 Å². The highest BCUT2D eigenvalue weighted by atomic mass is 19.4. The molecule has 0 saturated heterocycles. The lowest BCUT2D eigenvalue weighted by Gasteiger charge is -2.23. The van der Waals surface area contributed by atoms with Crippen LogP contribution in [0.5, 0.6) is 0 Å². The topological polar surface area (TPSA) is 85.0 Å². The molecule has 7 nitrogen and oxygen atoms in total. The number of amides is 2. The van der Waals surface area contributed by atoms with Gasteiger partial charge in [-0.3, -0.25) is 5.32 Å². The summed E-state index contributed by atoms with van der Waals surface area (Å²) in [6.07, 6.45) is -2.31. The van der Waals surface area contributed by atoms with Gasteiger partial charge in [-0.15, -0.1) is 0 Å². The van der Waals surface area contributed by atoms with Gasteiger partial charge in [0.25, 0.3) is 0 Å². The molecule has 3 heterocycles. The van der Waals surface area contributed by atoms with Gasteiger partial charge in [-0.1, -0.05) is 0 Å². The zero-order valence-electron chi connectivity index (χ0n) is 13.8. The second-order valence-electron chi connectivity index (χ2n) is 6.09. The third-order valence-corrected chi connectivity index (χ3v) is 4.18. The van der Waals surface area contributed by atoms with Gasteiger partial charge >= 0.3 is 18.2 Å². The lowest BCUT2D eigenvalue weighted by molar-refractivity contribution is -0.141. The molecule has 0 bridgehead atoms. The Balaban J connectivity index is 1.53. The van der Waals surface area contributed by atoms with Gasteiger partial charge in [0.2, 0.25) is 0 Å². The first-order valence-corrected chi connectivity index (χ1v) is 7.84. The number of oxazole rings is 1. The Morgan fingerprint density at radius 1 is 1.40 bits per heavy atom. The Labute approximate surface area is 141 Å². The number of halogens is 3. The lowest BCUT2D eigenvalue weighted by atomic mass is 9.99. The highest BCUT2D eigenvalue weighted by Gasteiger charge is 2.35. The summed E-state index contributed by atoms with van der Waals surface area (Å²) in [5, 5.41) is 5.18. The molecule has 2 aromatic heterocycles. The number of aromatic nitrogens is 3. The van der Waals surface area contributed by atoms with Gasteiger partial charge in [0.1, 0.15) is 11.6 Å². The van der Waals surface area contributed by atoms with Gasteiger partial charge in [0.05, 0.1) is 5.69 Å². The normalized spacial score (nSPS) is 17.2. The molecule has 0 fully saturated rings. The fourth-order valence-corrected chi connectivity index (χ4v) is 2.72. The Morgan fingerprint density at radius 2 is 2.16 bits per heavy atom. The van der Waals surface area contributed by atoms with E-state index in [1.807, 2.05) is 0 Å². The first kappa shape index (κ1) is 17.3. The highest BCUT2D eigenvalue weighted by molar-refractivity contribution is 5.86. The SMILES string of the molecule is Cc1nc(NC(=O)NC[C@@H]2CCc3nc(C(F)(F)F)cn3C2)oc1C. The summed E-state index contributed by atoms with van der Waals surface area (Å²) in [5.74, 6) is 1.08. The quantitative estimate of drug-likeness (QED) is 0.885. The van der Waals surface area contributed by atoms with Gasteiger partial charge < -0.3 is 14.3 Å². The van der Waals surface area contributed by atoms with Crippen LogP contribution in [0.2, 0.25) is 0 Å². The second kappa shape index (κ2) is 6.41. The van der Waals surface area contributed by atoms with E-state index in [1.165, 1.54) is 4.57 Å². The Bertz CT molecular complexity index is 761. The maximum atomic E-state index is 12.7. The summed E-state index contributed by atoms with van der Waals surface area (Å²) in [5.41, 5.74) is -0.181. The molecule has 1 aliphatic rings. The number of carbonyl (C=O) groups excluding carboxylic acids is 1. The molecule has 1 atom stereocenters. The molecule has 25 heavy (non-hydrogen) atoms. The van der Waals surface area contributed by atoms with Crippen LogP contribution in [0.25, 0.3) is 0 Å². The van der Waals surface area contributed by atoms with Crippen LogP contribution in [0.15, 0.2) is 10.6 Å². The number of hydrogen-bond donors (Lipinski definition) is 2. The van der Waals surface area contributed by atoms with E-state index in [9.17, 15) is 18.0 Å². The molecule has 2 N–H and O–H groups in total. The monoisotopic (exact) mass is 357 g/mol. The molecular formula is C15H18F3N5O2. The highest BCUT2D eigenvalue weighted by Crippen LogP contribution is 2.30. The fourth-order valence-electron chi connectivity index (χ4n) is 2.72. The summed E-state index contributed by atoms with van der Waals surface area (Å²) in [6.45, 7) is 4.23. The zero-order valence-corrected chi connectivity index (χ0v) is 13.8. The van der Waals surface area contributed by atoms with Crippen LogP contribution in [0.4, 0.5) is 24.0 Å². The third kappa shape index (κ3) is 3.94. The summed E-state index contributed by atoms with van der Waals surface area (Å²) in [7, 11) is 0. The van der Waals surface area contributed by atoms with Gasteiger partial charge in [-0.05, 0) is 26.2 Å². The number of imidazole rings is 1. The van der Waals surface area contributed by atoms with Crippen molar-refractivity contribution in [2.45, 2.75) is 39.4 Å². The summed E-state index contributed by atoms with van der Waals surface area (Å²) in [6, 6.07) is -0.350. The van der Waals surface area contributed by atoms with Crippen molar-refractivity contribution >= 4 is 12.0 Å². The van der Waals surface area contributed by atoms with Gasteiger partial charge in [-0.25, -0.2) is 9.78 Å². The number of rotatable bonds is 3. The minimum absolute atomic E-state index is 0.0292. The first-order valence-electron chi connectivity index (χ1n) is 7.84. The van der Waals surface area contributed by atoms with E-state index in [4.69, 9.17) is 4.42 Å². The summed E-state index contributed by atoms with van der Waals surface area (Å²) < 4.78 is 44.9. The number of aryl methyl sites for hydroxylation is 3. The molecular weight excluding hydrogens is 339 g/mol. The Morgan fingerprint density at radius 3 is 2.80 bits per heavy atom. The van der Waals surface area contributed by atoms with Crippen molar-refractivity contribution in [3.63, 3.8) is 0 Å². The van der Waals surface area contributed by atoms with Crippen molar-refractivity contribution in [3.8, 4) is 0 Å². The third-order valence-electron chi connectivity index (χ3n) is 4.18. The number of nitrogens with zero attached hydrogens (tertiary/aromatic N) is 3. The van der Waals surface area contributed by atoms with Crippen molar-refractivity contribution in [1.29, 1.82) is 0 Å². The molecule has 0 aromatic carbocycles. The molecule has 10 heteroatoms. The fraction of sp³-hybridized carbons (Fsp3) is 0.533. The van der Waals surface area contributed by atoms with Crippen LogP contribution < -0.4 is 10.6 Å². The Hall–Kier alpha value is -2.52. The molecule has 3 rings (SSSR count). The summed E-state index contributed by atoms with van der Waals surface area (Å²) >= 11 is 0. The predicted octanol–water partition coefficient (Wildman–Crippen LogP) is 2.89. The van der Waals surface area contributed by atoms with Crippen LogP contribution in [0.1, 0.15) is 29.4 Å².